The molecule has 0 saturated carbocycles. The molecule has 0 radical (unpaired) electrons. The summed E-state index contributed by atoms with van der Waals surface area (Å²) >= 11 is 0. The predicted octanol–water partition coefficient (Wildman–Crippen LogP) is 10.6. The minimum absolute atomic E-state index is 1.15. The molecule has 0 spiro atoms. The third-order valence-electron chi connectivity index (χ3n) is 4.59. The molecule has 0 aromatic heterocycles. The van der Waals surface area contributed by atoms with Gasteiger partial charge in [-0.25, -0.2) is 0 Å². The molecule has 0 rings (SSSR count). The summed E-state index contributed by atoms with van der Waals surface area (Å²) in [5.41, 5.74) is 0. The summed E-state index contributed by atoms with van der Waals surface area (Å²) in [6, 6.07) is -10.6. The predicted molar refractivity (Wildman–Crippen MR) is 83.3 cm³/mol. The first-order valence-corrected chi connectivity index (χ1v) is 9.89. The van der Waals surface area contributed by atoms with Crippen LogP contribution in [0.4, 0.5) is 132 Å². The highest BCUT2D eigenvalue weighted by Crippen LogP contribution is 2.59. The summed E-state index contributed by atoms with van der Waals surface area (Å²) < 4.78 is 394. The average Bonchev–Trinajstić information content (AvgIpc) is 2.83. The normalized spacial score (nSPS) is 19.1. The van der Waals surface area contributed by atoms with Gasteiger partial charge in [0.15, 0.2) is 0 Å². The summed E-state index contributed by atoms with van der Waals surface area (Å²) in [7, 11) is 0. The smallest absolute Gasteiger partial charge is 0.400 e. The van der Waals surface area contributed by atoms with E-state index in [-0.39, 0.29) is 0 Å². The lowest BCUT2D eigenvalue weighted by Crippen LogP contribution is -2.63. The highest BCUT2D eigenvalue weighted by atomic mass is 19.5. The van der Waals surface area contributed by atoms with Gasteiger partial charge in [-0.3, -0.25) is 9.47 Å². The van der Waals surface area contributed by atoms with Gasteiger partial charge in [-0.15, -0.1) is 0 Å². The Morgan fingerprint density at radius 2 is 0.469 bits per heavy atom. The van der Waals surface area contributed by atoms with Gasteiger partial charge in [0.2, 0.25) is 11.7 Å². The third kappa shape index (κ3) is 7.58. The van der Waals surface area contributed by atoms with Crippen LogP contribution in [0.1, 0.15) is 0 Å². The van der Waals surface area contributed by atoms with Crippen LogP contribution < -0.4 is 0 Å². The van der Waals surface area contributed by atoms with Crippen molar-refractivity contribution in [3.05, 3.63) is 23.7 Å². The SMILES string of the molecule is FC(OC(F)=C(F)C(F)(OC(F)(F)C(F)(F)C(F)(F)F)C(F)(F)C(F)(F)F)=C(F)C(F)(OC(F)(F)C(F)(F)C(F)(F)F)C(F)(F)C(F)(F)F. The van der Waals surface area contributed by atoms with E-state index in [1.807, 2.05) is 0 Å². The minimum atomic E-state index is -8.56. The van der Waals surface area contributed by atoms with Gasteiger partial charge >= 0.3 is 84.3 Å². The first kappa shape index (κ1) is 46.1. The number of hydrogen-bond donors (Lipinski definition) is 0. The molecule has 0 amide bonds. The van der Waals surface area contributed by atoms with E-state index in [1.165, 1.54) is 0 Å². The Balaban J connectivity index is 7.79. The Hall–Kier alpha value is -2.90. The fraction of sp³-hybridized carbons (Fsp3) is 0.750. The molecule has 2 unspecified atom stereocenters. The standard InChI is InChI=1S/C16F30O3/c17-1(5(21,7(23,24)11(31,32)33)48-15(43,44)9(27,28)13(37,38)39)3(19)47-4(20)2(18)6(22,8(25,26)12(34,35)36)49-16(45,46)10(29,30)14(40,41)42. The summed E-state index contributed by atoms with van der Waals surface area (Å²) in [4.78, 5) is 0. The Labute approximate surface area is 243 Å². The zero-order valence-electron chi connectivity index (χ0n) is 20.6. The molecule has 0 aromatic rings. The van der Waals surface area contributed by atoms with Gasteiger partial charge in [0.05, 0.1) is 0 Å². The highest BCUT2D eigenvalue weighted by molar-refractivity contribution is 5.19. The van der Waals surface area contributed by atoms with Crippen molar-refractivity contribution in [1.82, 2.24) is 0 Å². The van der Waals surface area contributed by atoms with E-state index in [2.05, 4.69) is 0 Å². The quantitative estimate of drug-likeness (QED) is 0.145. The molecule has 2 atom stereocenters. The number of halogens is 30. The Morgan fingerprint density at radius 3 is 0.633 bits per heavy atom. The van der Waals surface area contributed by atoms with Crippen LogP contribution in [-0.4, -0.2) is 72.3 Å². The minimum Gasteiger partial charge on any atom is -0.400 e. The van der Waals surface area contributed by atoms with E-state index < -0.39 is 96.0 Å². The largest absolute Gasteiger partial charge is 0.462 e. The van der Waals surface area contributed by atoms with Crippen molar-refractivity contribution in [3.8, 4) is 0 Å². The zero-order valence-corrected chi connectivity index (χ0v) is 20.6. The van der Waals surface area contributed by atoms with Crippen LogP contribution in [0.3, 0.4) is 0 Å². The maximum absolute atomic E-state index is 14.3. The van der Waals surface area contributed by atoms with Crippen LogP contribution in [-0.2, 0) is 14.2 Å². The van der Waals surface area contributed by atoms with Crippen LogP contribution in [0.2, 0.25) is 0 Å². The van der Waals surface area contributed by atoms with Crippen LogP contribution in [0, 0.1) is 0 Å². The topological polar surface area (TPSA) is 27.7 Å². The van der Waals surface area contributed by atoms with Crippen LogP contribution in [0.25, 0.3) is 0 Å². The molecule has 292 valence electrons. The Bertz CT molecular complexity index is 1170. The molecule has 0 aromatic carbocycles. The van der Waals surface area contributed by atoms with E-state index in [1.54, 1.807) is 4.74 Å². The maximum Gasteiger partial charge on any atom is 0.462 e. The fourth-order valence-electron chi connectivity index (χ4n) is 2.09. The van der Waals surface area contributed by atoms with Crippen LogP contribution in [0.15, 0.2) is 23.7 Å². The molecule has 0 aliphatic rings. The van der Waals surface area contributed by atoms with Crippen molar-refractivity contribution < 1.29 is 146 Å². The van der Waals surface area contributed by atoms with Gasteiger partial charge in [0, 0.05) is 0 Å². The monoisotopic (exact) mass is 810 g/mol. The first-order valence-electron chi connectivity index (χ1n) is 9.89. The molecule has 0 bridgehead atoms. The molecule has 0 N–H and O–H groups in total. The first-order chi connectivity index (χ1) is 20.8. The van der Waals surface area contributed by atoms with Gasteiger partial charge in [-0.1, -0.05) is 0 Å². The van der Waals surface area contributed by atoms with Crippen LogP contribution >= 0.6 is 0 Å². The molecule has 0 heterocycles. The van der Waals surface area contributed by atoms with E-state index in [0.29, 0.717) is 0 Å². The lowest BCUT2D eigenvalue weighted by Gasteiger charge is -2.37. The zero-order chi connectivity index (χ0) is 40.4. The fourth-order valence-corrected chi connectivity index (χ4v) is 2.09. The van der Waals surface area contributed by atoms with Gasteiger partial charge in [-0.2, -0.15) is 132 Å². The summed E-state index contributed by atoms with van der Waals surface area (Å²) in [6.45, 7) is 0. The van der Waals surface area contributed by atoms with Crippen molar-refractivity contribution in [2.45, 2.75) is 72.3 Å². The van der Waals surface area contributed by atoms with Crippen molar-refractivity contribution in [3.63, 3.8) is 0 Å². The van der Waals surface area contributed by atoms with Gasteiger partial charge in [-0.05, 0) is 0 Å². The molecule has 0 aliphatic carbocycles. The lowest BCUT2D eigenvalue weighted by atomic mass is 10.1. The molecule has 3 nitrogen and oxygen atoms in total. The van der Waals surface area contributed by atoms with Crippen molar-refractivity contribution in [2.24, 2.45) is 0 Å². The maximum atomic E-state index is 14.3. The number of ether oxygens (including phenoxy) is 3. The Morgan fingerprint density at radius 1 is 0.286 bits per heavy atom. The van der Waals surface area contributed by atoms with Gasteiger partial charge in [0.25, 0.3) is 0 Å². The molecule has 0 aliphatic heterocycles. The van der Waals surface area contributed by atoms with Crippen molar-refractivity contribution in [1.29, 1.82) is 0 Å². The highest BCUT2D eigenvalue weighted by Gasteiger charge is 2.85. The van der Waals surface area contributed by atoms with Crippen molar-refractivity contribution >= 4 is 0 Å². The summed E-state index contributed by atoms with van der Waals surface area (Å²) in [5.74, 6) is -62.0. The molecule has 0 fully saturated rings. The number of hydrogen-bond acceptors (Lipinski definition) is 3. The van der Waals surface area contributed by atoms with Crippen LogP contribution in [0.5, 0.6) is 0 Å². The summed E-state index contributed by atoms with van der Waals surface area (Å²) in [5, 5.41) is 0. The molecule has 33 heteroatoms. The van der Waals surface area contributed by atoms with E-state index in [9.17, 15) is 132 Å². The van der Waals surface area contributed by atoms with Crippen molar-refractivity contribution in [2.75, 3.05) is 0 Å². The van der Waals surface area contributed by atoms with E-state index >= 15 is 0 Å². The molecular weight excluding hydrogens is 810 g/mol. The second kappa shape index (κ2) is 12.4. The number of alkyl halides is 26. The Kier molecular flexibility index (Phi) is 11.7. The van der Waals surface area contributed by atoms with Gasteiger partial charge in [0.1, 0.15) is 0 Å². The van der Waals surface area contributed by atoms with E-state index in [0.717, 1.165) is 9.47 Å². The second-order valence-electron chi connectivity index (χ2n) is 7.99. The summed E-state index contributed by atoms with van der Waals surface area (Å²) in [6.07, 6.45) is -49.1. The average molecular weight is 810 g/mol. The molecule has 49 heavy (non-hydrogen) atoms. The lowest BCUT2D eigenvalue weighted by molar-refractivity contribution is -0.484. The number of rotatable bonds is 12. The van der Waals surface area contributed by atoms with Gasteiger partial charge < -0.3 is 4.74 Å². The molecular formula is C16F30O3. The second-order valence-corrected chi connectivity index (χ2v) is 7.99. The molecule has 0 saturated heterocycles. The van der Waals surface area contributed by atoms with E-state index in [4.69, 9.17) is 0 Å². The third-order valence-corrected chi connectivity index (χ3v) is 4.59.